The van der Waals surface area contributed by atoms with Gasteiger partial charge in [0.15, 0.2) is 0 Å². The first-order valence-corrected chi connectivity index (χ1v) is 6.56. The largest absolute Gasteiger partial charge is 0.469 e. The van der Waals surface area contributed by atoms with Gasteiger partial charge < -0.3 is 15.8 Å². The normalized spacial score (nSPS) is 10.4. The van der Waals surface area contributed by atoms with Crippen LogP contribution in [0, 0.1) is 0 Å². The molecule has 0 unspecified atom stereocenters. The van der Waals surface area contributed by atoms with Crippen molar-refractivity contribution in [2.24, 2.45) is 0 Å². The van der Waals surface area contributed by atoms with E-state index in [2.05, 4.69) is 10.1 Å². The molecule has 0 fully saturated rings. The Bertz CT molecular complexity index is 621. The average molecular weight is 278 g/mol. The maximum Gasteiger partial charge on any atom is 0.307 e. The zero-order valence-electron chi connectivity index (χ0n) is 10.4. The number of esters is 1. The molecule has 1 aromatic carbocycles. The summed E-state index contributed by atoms with van der Waals surface area (Å²) in [5, 5.41) is 3.63. The highest BCUT2D eigenvalue weighted by molar-refractivity contribution is 7.20. The molecule has 100 valence electrons. The number of carbonyl (C=O) groups excluding carboxylic acids is 2. The van der Waals surface area contributed by atoms with Crippen molar-refractivity contribution < 1.29 is 14.3 Å². The fourth-order valence-electron chi connectivity index (χ4n) is 1.64. The van der Waals surface area contributed by atoms with Crippen molar-refractivity contribution in [3.63, 3.8) is 0 Å². The Hall–Kier alpha value is -2.08. The second-order valence-electron chi connectivity index (χ2n) is 3.99. The fraction of sp³-hybridized carbons (Fsp3) is 0.231. The molecule has 0 saturated heterocycles. The topological polar surface area (TPSA) is 81.4 Å². The highest BCUT2D eigenvalue weighted by atomic mass is 32.1. The van der Waals surface area contributed by atoms with E-state index in [1.54, 1.807) is 12.1 Å². The zero-order chi connectivity index (χ0) is 13.8. The van der Waals surface area contributed by atoms with Crippen molar-refractivity contribution in [1.29, 1.82) is 0 Å². The molecule has 0 saturated carbocycles. The molecule has 0 aliphatic heterocycles. The third-order valence-corrected chi connectivity index (χ3v) is 3.72. The van der Waals surface area contributed by atoms with Crippen LogP contribution in [0.5, 0.6) is 0 Å². The van der Waals surface area contributed by atoms with Gasteiger partial charge in [-0.25, -0.2) is 0 Å². The Morgan fingerprint density at radius 3 is 2.89 bits per heavy atom. The predicted molar refractivity (Wildman–Crippen MR) is 75.2 cm³/mol. The average Bonchev–Trinajstić information content (AvgIpc) is 2.81. The smallest absolute Gasteiger partial charge is 0.307 e. The van der Waals surface area contributed by atoms with Gasteiger partial charge in [-0.15, -0.1) is 11.3 Å². The van der Waals surface area contributed by atoms with Crippen LogP contribution in [-0.2, 0) is 9.53 Å². The molecule has 0 aliphatic carbocycles. The lowest BCUT2D eigenvalue weighted by Gasteiger charge is -2.01. The summed E-state index contributed by atoms with van der Waals surface area (Å²) in [6.07, 6.45) is 0.167. The Labute approximate surface area is 114 Å². The van der Waals surface area contributed by atoms with Gasteiger partial charge in [-0.05, 0) is 29.7 Å². The molecule has 5 nitrogen and oxygen atoms in total. The van der Waals surface area contributed by atoms with Gasteiger partial charge >= 0.3 is 5.97 Å². The summed E-state index contributed by atoms with van der Waals surface area (Å²) < 4.78 is 5.50. The molecule has 1 amide bonds. The van der Waals surface area contributed by atoms with Crippen molar-refractivity contribution in [2.45, 2.75) is 6.42 Å². The highest BCUT2D eigenvalue weighted by Gasteiger charge is 2.10. The van der Waals surface area contributed by atoms with Crippen molar-refractivity contribution >= 4 is 39.0 Å². The van der Waals surface area contributed by atoms with E-state index in [9.17, 15) is 9.59 Å². The number of rotatable bonds is 4. The van der Waals surface area contributed by atoms with Crippen LogP contribution in [0.3, 0.4) is 0 Å². The number of hydrogen-bond acceptors (Lipinski definition) is 5. The van der Waals surface area contributed by atoms with E-state index in [1.807, 2.05) is 12.1 Å². The quantitative estimate of drug-likeness (QED) is 0.659. The Morgan fingerprint density at radius 2 is 2.16 bits per heavy atom. The van der Waals surface area contributed by atoms with Crippen LogP contribution in [0.15, 0.2) is 24.3 Å². The Balaban J connectivity index is 2.03. The molecule has 0 atom stereocenters. The number of nitrogens with two attached hydrogens (primary N) is 1. The molecule has 19 heavy (non-hydrogen) atoms. The minimum atomic E-state index is -0.343. The fourth-order valence-corrected chi connectivity index (χ4v) is 2.60. The number of anilines is 1. The molecular weight excluding hydrogens is 264 g/mol. The lowest BCUT2D eigenvalue weighted by molar-refractivity contribution is -0.140. The predicted octanol–water partition coefficient (Wildman–Crippen LogP) is 1.78. The molecule has 1 aromatic heterocycles. The molecule has 0 bridgehead atoms. The molecule has 2 rings (SSSR count). The van der Waals surface area contributed by atoms with Crippen molar-refractivity contribution in [2.75, 3.05) is 19.4 Å². The molecule has 0 aliphatic rings. The molecule has 0 spiro atoms. The van der Waals surface area contributed by atoms with Crippen LogP contribution >= 0.6 is 11.3 Å². The molecule has 6 heteroatoms. The summed E-state index contributed by atoms with van der Waals surface area (Å²) in [6, 6.07) is 7.32. The lowest BCUT2D eigenvalue weighted by Crippen LogP contribution is -2.25. The summed E-state index contributed by atoms with van der Waals surface area (Å²) in [6.45, 7) is 0.266. The van der Waals surface area contributed by atoms with Crippen LogP contribution in [0.25, 0.3) is 10.1 Å². The maximum absolute atomic E-state index is 11.9. The molecule has 3 N–H and O–H groups in total. The van der Waals surface area contributed by atoms with E-state index in [0.717, 1.165) is 10.1 Å². The van der Waals surface area contributed by atoms with Gasteiger partial charge in [0.25, 0.3) is 5.91 Å². The number of methoxy groups -OCH3 is 1. The van der Waals surface area contributed by atoms with Gasteiger partial charge in [-0.2, -0.15) is 0 Å². The van der Waals surface area contributed by atoms with Crippen LogP contribution in [0.2, 0.25) is 0 Å². The highest BCUT2D eigenvalue weighted by Crippen LogP contribution is 2.27. The third kappa shape index (κ3) is 3.23. The van der Waals surface area contributed by atoms with Crippen molar-refractivity contribution in [3.05, 3.63) is 29.1 Å². The van der Waals surface area contributed by atoms with Gasteiger partial charge in [-0.3, -0.25) is 9.59 Å². The standard InChI is InChI=1S/C13H14N2O3S/c1-18-12(16)4-5-15-13(17)11-7-8-6-9(14)2-3-10(8)19-11/h2-3,6-7H,4-5,14H2,1H3,(H,15,17). The van der Waals surface area contributed by atoms with Crippen molar-refractivity contribution in [1.82, 2.24) is 5.32 Å². The summed E-state index contributed by atoms with van der Waals surface area (Å²) in [5.41, 5.74) is 6.36. The van der Waals surface area contributed by atoms with Gasteiger partial charge in [-0.1, -0.05) is 0 Å². The molecule has 2 aromatic rings. The minimum absolute atomic E-state index is 0.167. The summed E-state index contributed by atoms with van der Waals surface area (Å²) in [5.74, 6) is -0.534. The molecule has 1 heterocycles. The summed E-state index contributed by atoms with van der Waals surface area (Å²) in [4.78, 5) is 23.4. The van der Waals surface area contributed by atoms with Crippen molar-refractivity contribution in [3.8, 4) is 0 Å². The first-order valence-electron chi connectivity index (χ1n) is 5.74. The first-order chi connectivity index (χ1) is 9.10. The van der Waals surface area contributed by atoms with E-state index in [4.69, 9.17) is 5.73 Å². The Morgan fingerprint density at radius 1 is 1.37 bits per heavy atom. The second-order valence-corrected chi connectivity index (χ2v) is 5.07. The monoisotopic (exact) mass is 278 g/mol. The second kappa shape index (κ2) is 5.71. The van der Waals surface area contributed by atoms with Crippen LogP contribution < -0.4 is 11.1 Å². The first kappa shape index (κ1) is 13.4. The summed E-state index contributed by atoms with van der Waals surface area (Å²) in [7, 11) is 1.32. The van der Waals surface area contributed by atoms with Gasteiger partial charge in [0.2, 0.25) is 0 Å². The number of hydrogen-bond donors (Lipinski definition) is 2. The van der Waals surface area contributed by atoms with E-state index in [-0.39, 0.29) is 24.8 Å². The number of fused-ring (bicyclic) bond motifs is 1. The summed E-state index contributed by atoms with van der Waals surface area (Å²) >= 11 is 1.39. The van der Waals surface area contributed by atoms with E-state index in [1.165, 1.54) is 18.4 Å². The zero-order valence-corrected chi connectivity index (χ0v) is 11.3. The van der Waals surface area contributed by atoms with E-state index < -0.39 is 0 Å². The molecule has 0 radical (unpaired) electrons. The van der Waals surface area contributed by atoms with Crippen LogP contribution in [0.4, 0.5) is 5.69 Å². The number of carbonyl (C=O) groups is 2. The minimum Gasteiger partial charge on any atom is -0.469 e. The maximum atomic E-state index is 11.9. The number of nitrogen functional groups attached to an aromatic ring is 1. The van der Waals surface area contributed by atoms with Crippen LogP contribution in [0.1, 0.15) is 16.1 Å². The SMILES string of the molecule is COC(=O)CCNC(=O)c1cc2cc(N)ccc2s1. The van der Waals surface area contributed by atoms with Gasteiger partial charge in [0.05, 0.1) is 18.4 Å². The lowest BCUT2D eigenvalue weighted by atomic mass is 10.2. The Kier molecular flexibility index (Phi) is 4.01. The third-order valence-electron chi connectivity index (χ3n) is 2.61. The number of benzene rings is 1. The van der Waals surface area contributed by atoms with Crippen LogP contribution in [-0.4, -0.2) is 25.5 Å². The molecular formula is C13H14N2O3S. The van der Waals surface area contributed by atoms with E-state index >= 15 is 0 Å². The number of thiophene rings is 1. The number of ether oxygens (including phenoxy) is 1. The van der Waals surface area contributed by atoms with Gasteiger partial charge in [0, 0.05) is 16.9 Å². The number of amides is 1. The van der Waals surface area contributed by atoms with Gasteiger partial charge in [0.1, 0.15) is 0 Å². The number of nitrogens with one attached hydrogen (secondary N) is 1. The van der Waals surface area contributed by atoms with E-state index in [0.29, 0.717) is 10.6 Å².